The summed E-state index contributed by atoms with van der Waals surface area (Å²) >= 11 is 0. The molecule has 3 N–H and O–H groups in total. The second-order valence-electron chi connectivity index (χ2n) is 4.59. The highest BCUT2D eigenvalue weighted by molar-refractivity contribution is 5.79. The van der Waals surface area contributed by atoms with Crippen LogP contribution < -0.4 is 5.73 Å². The zero-order valence-corrected chi connectivity index (χ0v) is 10.4. The first kappa shape index (κ1) is 14.4. The fourth-order valence-corrected chi connectivity index (χ4v) is 1.20. The molecule has 0 radical (unpaired) electrons. The summed E-state index contributed by atoms with van der Waals surface area (Å²) in [6, 6.07) is 0. The van der Waals surface area contributed by atoms with Gasteiger partial charge in [-0.2, -0.15) is 0 Å². The molecule has 0 aliphatic rings. The van der Waals surface area contributed by atoms with Gasteiger partial charge < -0.3 is 15.4 Å². The normalized spacial score (nSPS) is 13.5. The lowest BCUT2D eigenvalue weighted by molar-refractivity contribution is 0.0903. The second kappa shape index (κ2) is 7.65. The average Bonchev–Trinajstić information content (AvgIpc) is 2.12. The van der Waals surface area contributed by atoms with Crippen LogP contribution in [-0.4, -0.2) is 44.1 Å². The number of nitrogens with one attached hydrogen (secondary N) is 1. The van der Waals surface area contributed by atoms with E-state index in [-0.39, 0.29) is 11.8 Å². The van der Waals surface area contributed by atoms with Crippen molar-refractivity contribution in [3.05, 3.63) is 0 Å². The molecule has 0 aromatic heterocycles. The van der Waals surface area contributed by atoms with E-state index in [2.05, 4.69) is 18.7 Å². The number of rotatable bonds is 8. The third kappa shape index (κ3) is 8.39. The number of nitrogens with two attached hydrogens (primary N) is 1. The van der Waals surface area contributed by atoms with Crippen molar-refractivity contribution in [2.24, 2.45) is 17.6 Å². The van der Waals surface area contributed by atoms with Crippen LogP contribution in [0.3, 0.4) is 0 Å². The summed E-state index contributed by atoms with van der Waals surface area (Å²) in [5, 5.41) is 7.28. The average molecular weight is 215 g/mol. The number of amidine groups is 1. The van der Waals surface area contributed by atoms with E-state index in [1.54, 1.807) is 0 Å². The Bertz CT molecular complexity index is 183. The van der Waals surface area contributed by atoms with Gasteiger partial charge in [0.2, 0.25) is 0 Å². The van der Waals surface area contributed by atoms with Gasteiger partial charge in [0.25, 0.3) is 0 Å². The van der Waals surface area contributed by atoms with Crippen LogP contribution in [-0.2, 0) is 4.74 Å². The summed E-state index contributed by atoms with van der Waals surface area (Å²) in [7, 11) is 2.03. The highest BCUT2D eigenvalue weighted by Gasteiger charge is 2.08. The molecule has 0 aliphatic carbocycles. The van der Waals surface area contributed by atoms with Gasteiger partial charge in [0, 0.05) is 25.6 Å². The summed E-state index contributed by atoms with van der Waals surface area (Å²) in [6.07, 6.45) is 0. The maximum absolute atomic E-state index is 7.28. The molecule has 15 heavy (non-hydrogen) atoms. The van der Waals surface area contributed by atoms with E-state index < -0.39 is 0 Å². The monoisotopic (exact) mass is 215 g/mol. The number of nitrogens with zero attached hydrogens (tertiary/aromatic N) is 1. The molecule has 1 unspecified atom stereocenters. The lowest BCUT2D eigenvalue weighted by atomic mass is 10.1. The minimum absolute atomic E-state index is 0.125. The van der Waals surface area contributed by atoms with Crippen molar-refractivity contribution in [3.63, 3.8) is 0 Å². The van der Waals surface area contributed by atoms with Crippen LogP contribution in [0.2, 0.25) is 0 Å². The van der Waals surface area contributed by atoms with Crippen LogP contribution >= 0.6 is 0 Å². The lowest BCUT2D eigenvalue weighted by Crippen LogP contribution is -2.34. The third-order valence-corrected chi connectivity index (χ3v) is 2.18. The topological polar surface area (TPSA) is 62.3 Å². The van der Waals surface area contributed by atoms with Gasteiger partial charge >= 0.3 is 0 Å². The smallest absolute Gasteiger partial charge is 0.0947 e. The van der Waals surface area contributed by atoms with E-state index in [9.17, 15) is 0 Å². The molecule has 0 spiro atoms. The Labute approximate surface area is 93.3 Å². The molecule has 0 bridgehead atoms. The van der Waals surface area contributed by atoms with Gasteiger partial charge in [0.15, 0.2) is 0 Å². The molecular formula is C11H25N3O. The molecule has 0 aromatic carbocycles. The molecule has 0 saturated heterocycles. The van der Waals surface area contributed by atoms with Crippen molar-refractivity contribution < 1.29 is 4.74 Å². The van der Waals surface area contributed by atoms with Crippen LogP contribution in [0, 0.1) is 17.2 Å². The maximum atomic E-state index is 7.28. The fraction of sp³-hybridized carbons (Fsp3) is 0.909. The number of likely N-dealkylation sites (N-methyl/N-ethyl adjacent to an activating group) is 1. The van der Waals surface area contributed by atoms with Gasteiger partial charge in [-0.1, -0.05) is 20.8 Å². The summed E-state index contributed by atoms with van der Waals surface area (Å²) < 4.78 is 5.48. The quantitative estimate of drug-likeness (QED) is 0.363. The van der Waals surface area contributed by atoms with Crippen molar-refractivity contribution in [2.75, 3.05) is 33.4 Å². The number of ether oxygens (including phenoxy) is 1. The number of hydrogen-bond donors (Lipinski definition) is 2. The molecule has 4 nitrogen and oxygen atoms in total. The van der Waals surface area contributed by atoms with Crippen molar-refractivity contribution in [1.29, 1.82) is 5.41 Å². The Kier molecular flexibility index (Phi) is 7.34. The van der Waals surface area contributed by atoms with E-state index in [1.807, 2.05) is 14.0 Å². The molecule has 1 atom stereocenters. The van der Waals surface area contributed by atoms with Crippen LogP contribution in [0.5, 0.6) is 0 Å². The first-order chi connectivity index (χ1) is 6.93. The van der Waals surface area contributed by atoms with Gasteiger partial charge in [-0.3, -0.25) is 5.41 Å². The zero-order chi connectivity index (χ0) is 11.8. The van der Waals surface area contributed by atoms with Crippen molar-refractivity contribution >= 4 is 5.84 Å². The van der Waals surface area contributed by atoms with E-state index >= 15 is 0 Å². The van der Waals surface area contributed by atoms with Gasteiger partial charge in [-0.25, -0.2) is 0 Å². The Morgan fingerprint density at radius 1 is 1.40 bits per heavy atom. The maximum Gasteiger partial charge on any atom is 0.0947 e. The van der Waals surface area contributed by atoms with Crippen LogP contribution in [0.25, 0.3) is 0 Å². The van der Waals surface area contributed by atoms with Gasteiger partial charge in [-0.15, -0.1) is 0 Å². The molecule has 90 valence electrons. The summed E-state index contributed by atoms with van der Waals surface area (Å²) in [5.74, 6) is 0.969. The minimum atomic E-state index is 0.125. The molecule has 4 heteroatoms. The highest BCUT2D eigenvalue weighted by atomic mass is 16.5. The van der Waals surface area contributed by atoms with Gasteiger partial charge in [0.05, 0.1) is 12.4 Å². The predicted molar refractivity (Wildman–Crippen MR) is 64.2 cm³/mol. The second-order valence-corrected chi connectivity index (χ2v) is 4.59. The Balaban J connectivity index is 3.49. The Hall–Kier alpha value is -0.610. The largest absolute Gasteiger partial charge is 0.387 e. The SMILES string of the molecule is CC(C)COCCN(C)CC(C)C(=N)N. The molecule has 0 aliphatic heterocycles. The lowest BCUT2D eigenvalue weighted by Gasteiger charge is -2.20. The first-order valence-corrected chi connectivity index (χ1v) is 5.53. The minimum Gasteiger partial charge on any atom is -0.387 e. The zero-order valence-electron chi connectivity index (χ0n) is 10.4. The van der Waals surface area contributed by atoms with Crippen LogP contribution in [0.15, 0.2) is 0 Å². The molecule has 0 heterocycles. The highest BCUT2D eigenvalue weighted by Crippen LogP contribution is 1.97. The van der Waals surface area contributed by atoms with Crippen LogP contribution in [0.4, 0.5) is 0 Å². The Morgan fingerprint density at radius 2 is 2.00 bits per heavy atom. The fourth-order valence-electron chi connectivity index (χ4n) is 1.20. The standard InChI is InChI=1S/C11H25N3O/c1-9(2)8-15-6-5-14(4)7-10(3)11(12)13/h9-10H,5-8H2,1-4H3,(H3,12,13). The van der Waals surface area contributed by atoms with Crippen LogP contribution in [0.1, 0.15) is 20.8 Å². The third-order valence-electron chi connectivity index (χ3n) is 2.18. The molecule has 0 amide bonds. The summed E-state index contributed by atoms with van der Waals surface area (Å²) in [5.41, 5.74) is 5.40. The first-order valence-electron chi connectivity index (χ1n) is 5.53. The van der Waals surface area contributed by atoms with E-state index in [1.165, 1.54) is 0 Å². The predicted octanol–water partition coefficient (Wildman–Crippen LogP) is 1.16. The van der Waals surface area contributed by atoms with Gasteiger partial charge in [0.1, 0.15) is 0 Å². The number of hydrogen-bond acceptors (Lipinski definition) is 3. The van der Waals surface area contributed by atoms with Crippen molar-refractivity contribution in [1.82, 2.24) is 4.90 Å². The summed E-state index contributed by atoms with van der Waals surface area (Å²) in [6.45, 7) is 9.52. The van der Waals surface area contributed by atoms with Crippen molar-refractivity contribution in [3.8, 4) is 0 Å². The van der Waals surface area contributed by atoms with Crippen molar-refractivity contribution in [2.45, 2.75) is 20.8 Å². The molecule has 0 rings (SSSR count). The van der Waals surface area contributed by atoms with E-state index in [0.29, 0.717) is 5.92 Å². The van der Waals surface area contributed by atoms with E-state index in [0.717, 1.165) is 26.3 Å². The Morgan fingerprint density at radius 3 is 2.47 bits per heavy atom. The molecule has 0 fully saturated rings. The molecule has 0 aromatic rings. The summed E-state index contributed by atoms with van der Waals surface area (Å²) in [4.78, 5) is 2.15. The van der Waals surface area contributed by atoms with Gasteiger partial charge in [-0.05, 0) is 13.0 Å². The molecule has 0 saturated carbocycles. The molecular weight excluding hydrogens is 190 g/mol. The van der Waals surface area contributed by atoms with E-state index in [4.69, 9.17) is 15.9 Å².